The van der Waals surface area contributed by atoms with Crippen LogP contribution in [0.1, 0.15) is 28.4 Å². The average molecular weight is 311 g/mol. The Morgan fingerprint density at radius 1 is 1.40 bits per heavy atom. The van der Waals surface area contributed by atoms with Crippen LogP contribution < -0.4 is 5.32 Å². The molecule has 2 aromatic heterocycles. The highest BCUT2D eigenvalue weighted by Gasteiger charge is 2.14. The van der Waals surface area contributed by atoms with E-state index in [1.807, 2.05) is 13.2 Å². The van der Waals surface area contributed by atoms with Gasteiger partial charge >= 0.3 is 0 Å². The molecule has 20 heavy (non-hydrogen) atoms. The molecule has 1 unspecified atom stereocenters. The first kappa shape index (κ1) is 14.8. The summed E-state index contributed by atoms with van der Waals surface area (Å²) < 4.78 is 5.14. The summed E-state index contributed by atoms with van der Waals surface area (Å²) in [6, 6.07) is 0. The largest absolute Gasteiger partial charge is 0.374 e. The Kier molecular flexibility index (Phi) is 4.99. The monoisotopic (exact) mass is 311 g/mol. The molecule has 0 aliphatic heterocycles. The molecule has 0 radical (unpaired) electrons. The van der Waals surface area contributed by atoms with Gasteiger partial charge < -0.3 is 4.74 Å². The molecule has 1 N–H and O–H groups in total. The number of nitrogens with one attached hydrogen (secondary N) is 1. The standard InChI is InChI=1S/C11H13N5O2S2/c1-6(18-2)9-15-16-11(20-9)14-8(17)7-4-12-10(19-3)13-5-7/h4-6H,1-3H3,(H,14,16,17). The van der Waals surface area contributed by atoms with E-state index in [1.54, 1.807) is 7.11 Å². The molecular formula is C11H13N5O2S2. The second-order valence-electron chi connectivity index (χ2n) is 3.74. The summed E-state index contributed by atoms with van der Waals surface area (Å²) in [5.74, 6) is -0.314. The van der Waals surface area contributed by atoms with E-state index in [9.17, 15) is 4.79 Å². The van der Waals surface area contributed by atoms with Gasteiger partial charge in [-0.25, -0.2) is 9.97 Å². The van der Waals surface area contributed by atoms with Gasteiger partial charge in [-0.05, 0) is 13.2 Å². The van der Waals surface area contributed by atoms with E-state index in [2.05, 4.69) is 25.5 Å². The minimum atomic E-state index is -0.314. The predicted octanol–water partition coefficient (Wildman–Crippen LogP) is 2.01. The molecule has 9 heteroatoms. The van der Waals surface area contributed by atoms with Crippen molar-refractivity contribution in [1.29, 1.82) is 0 Å². The van der Waals surface area contributed by atoms with Crippen LogP contribution in [0, 0.1) is 0 Å². The third-order valence-corrected chi connectivity index (χ3v) is 4.01. The van der Waals surface area contributed by atoms with Crippen LogP contribution in [0.25, 0.3) is 0 Å². The number of nitrogens with zero attached hydrogens (tertiary/aromatic N) is 4. The van der Waals surface area contributed by atoms with Gasteiger partial charge in [0.2, 0.25) is 5.13 Å². The fraction of sp³-hybridized carbons (Fsp3) is 0.364. The second-order valence-corrected chi connectivity index (χ2v) is 5.52. The van der Waals surface area contributed by atoms with Crippen LogP contribution in [-0.2, 0) is 4.74 Å². The fourth-order valence-corrected chi connectivity index (χ4v) is 2.34. The summed E-state index contributed by atoms with van der Waals surface area (Å²) in [5, 5.41) is 12.3. The number of amides is 1. The van der Waals surface area contributed by atoms with E-state index >= 15 is 0 Å². The molecule has 2 aromatic rings. The molecule has 7 nitrogen and oxygen atoms in total. The minimum absolute atomic E-state index is 0.151. The lowest BCUT2D eigenvalue weighted by molar-refractivity contribution is 0.102. The number of rotatable bonds is 5. The molecule has 0 saturated carbocycles. The van der Waals surface area contributed by atoms with Crippen molar-refractivity contribution in [3.63, 3.8) is 0 Å². The number of hydrogen-bond donors (Lipinski definition) is 1. The maximum Gasteiger partial charge on any atom is 0.260 e. The van der Waals surface area contributed by atoms with Gasteiger partial charge in [-0.1, -0.05) is 23.1 Å². The first-order valence-electron chi connectivity index (χ1n) is 5.67. The van der Waals surface area contributed by atoms with Gasteiger partial charge in [-0.3, -0.25) is 10.1 Å². The lowest BCUT2D eigenvalue weighted by Crippen LogP contribution is -2.12. The van der Waals surface area contributed by atoms with Crippen LogP contribution in [0.15, 0.2) is 17.6 Å². The van der Waals surface area contributed by atoms with E-state index in [4.69, 9.17) is 4.74 Å². The number of carbonyl (C=O) groups excluding carboxylic acids is 1. The van der Waals surface area contributed by atoms with Crippen molar-refractivity contribution >= 4 is 34.1 Å². The molecule has 2 rings (SSSR count). The van der Waals surface area contributed by atoms with Crippen molar-refractivity contribution in [1.82, 2.24) is 20.2 Å². The fourth-order valence-electron chi connectivity index (χ4n) is 1.26. The van der Waals surface area contributed by atoms with Gasteiger partial charge in [-0.2, -0.15) is 0 Å². The van der Waals surface area contributed by atoms with E-state index in [1.165, 1.54) is 35.5 Å². The van der Waals surface area contributed by atoms with Crippen LogP contribution in [0.2, 0.25) is 0 Å². The van der Waals surface area contributed by atoms with E-state index in [0.717, 1.165) is 0 Å². The summed E-state index contributed by atoms with van der Waals surface area (Å²) in [6.07, 6.45) is 4.68. The van der Waals surface area contributed by atoms with Crippen LogP contribution in [0.3, 0.4) is 0 Å². The lowest BCUT2D eigenvalue weighted by atomic mass is 10.3. The number of ether oxygens (including phenoxy) is 1. The van der Waals surface area contributed by atoms with Gasteiger partial charge in [0.15, 0.2) is 5.16 Å². The molecule has 2 heterocycles. The first-order chi connectivity index (χ1) is 9.63. The zero-order chi connectivity index (χ0) is 14.5. The maximum atomic E-state index is 12.0. The molecule has 106 valence electrons. The number of methoxy groups -OCH3 is 1. The average Bonchev–Trinajstić information content (AvgIpc) is 2.95. The van der Waals surface area contributed by atoms with Crippen molar-refractivity contribution in [2.24, 2.45) is 0 Å². The molecular weight excluding hydrogens is 298 g/mol. The van der Waals surface area contributed by atoms with E-state index in [-0.39, 0.29) is 12.0 Å². The minimum Gasteiger partial charge on any atom is -0.374 e. The normalized spacial score (nSPS) is 12.2. The molecule has 1 atom stereocenters. The Morgan fingerprint density at radius 2 is 2.10 bits per heavy atom. The number of aromatic nitrogens is 4. The molecule has 0 spiro atoms. The number of carbonyl (C=O) groups is 1. The number of thioether (sulfide) groups is 1. The zero-order valence-corrected chi connectivity index (χ0v) is 12.8. The Labute approximate surface area is 124 Å². The van der Waals surface area contributed by atoms with Gasteiger partial charge in [0.25, 0.3) is 5.91 Å². The van der Waals surface area contributed by atoms with E-state index in [0.29, 0.717) is 20.9 Å². The zero-order valence-electron chi connectivity index (χ0n) is 11.2. The summed E-state index contributed by atoms with van der Waals surface area (Å²) in [5.41, 5.74) is 0.374. The SMILES string of the molecule is COC(C)c1nnc(NC(=O)c2cnc(SC)nc2)s1. The van der Waals surface area contributed by atoms with Gasteiger partial charge in [-0.15, -0.1) is 10.2 Å². The highest BCUT2D eigenvalue weighted by molar-refractivity contribution is 7.98. The number of hydrogen-bond acceptors (Lipinski definition) is 8. The Hall–Kier alpha value is -1.58. The molecule has 0 saturated heterocycles. The van der Waals surface area contributed by atoms with Crippen molar-refractivity contribution < 1.29 is 9.53 Å². The van der Waals surface area contributed by atoms with Crippen LogP contribution in [-0.4, -0.2) is 39.4 Å². The van der Waals surface area contributed by atoms with Crippen molar-refractivity contribution in [2.75, 3.05) is 18.7 Å². The Bertz CT molecular complexity index is 587. The first-order valence-corrected chi connectivity index (χ1v) is 7.71. The van der Waals surface area contributed by atoms with Crippen molar-refractivity contribution in [2.45, 2.75) is 18.2 Å². The van der Waals surface area contributed by atoms with E-state index < -0.39 is 0 Å². The number of anilines is 1. The van der Waals surface area contributed by atoms with Crippen LogP contribution in [0.4, 0.5) is 5.13 Å². The smallest absolute Gasteiger partial charge is 0.260 e. The van der Waals surface area contributed by atoms with Gasteiger partial charge in [0.05, 0.1) is 5.56 Å². The molecule has 1 amide bonds. The highest BCUT2D eigenvalue weighted by Crippen LogP contribution is 2.23. The maximum absolute atomic E-state index is 12.0. The van der Waals surface area contributed by atoms with Crippen molar-refractivity contribution in [3.8, 4) is 0 Å². The molecule has 0 aromatic carbocycles. The van der Waals surface area contributed by atoms with Crippen LogP contribution in [0.5, 0.6) is 0 Å². The van der Waals surface area contributed by atoms with Crippen molar-refractivity contribution in [3.05, 3.63) is 23.0 Å². The Balaban J connectivity index is 2.05. The summed E-state index contributed by atoms with van der Waals surface area (Å²) in [4.78, 5) is 20.1. The quantitative estimate of drug-likeness (QED) is 0.667. The summed E-state index contributed by atoms with van der Waals surface area (Å²) in [6.45, 7) is 1.86. The molecule has 0 aliphatic rings. The Morgan fingerprint density at radius 3 is 2.70 bits per heavy atom. The molecule has 0 aliphatic carbocycles. The third kappa shape index (κ3) is 3.50. The van der Waals surface area contributed by atoms with Gasteiger partial charge in [0, 0.05) is 19.5 Å². The molecule has 0 bridgehead atoms. The van der Waals surface area contributed by atoms with Gasteiger partial charge in [0.1, 0.15) is 11.1 Å². The predicted molar refractivity (Wildman–Crippen MR) is 77.1 cm³/mol. The summed E-state index contributed by atoms with van der Waals surface area (Å²) >= 11 is 2.69. The third-order valence-electron chi connectivity index (χ3n) is 2.44. The topological polar surface area (TPSA) is 89.9 Å². The highest BCUT2D eigenvalue weighted by atomic mass is 32.2. The molecule has 0 fully saturated rings. The van der Waals surface area contributed by atoms with Crippen LogP contribution >= 0.6 is 23.1 Å². The summed E-state index contributed by atoms with van der Waals surface area (Å²) in [7, 11) is 1.59. The lowest BCUT2D eigenvalue weighted by Gasteiger charge is -2.02. The second kappa shape index (κ2) is 6.73.